The van der Waals surface area contributed by atoms with Gasteiger partial charge in [-0.05, 0) is 19.3 Å². The molecule has 0 aromatic carbocycles. The van der Waals surface area contributed by atoms with Crippen molar-refractivity contribution >= 4 is 0 Å². The monoisotopic (exact) mass is 221 g/mol. The van der Waals surface area contributed by atoms with Crippen molar-refractivity contribution in [3.05, 3.63) is 11.9 Å². The third kappa shape index (κ3) is 1.98. The van der Waals surface area contributed by atoms with Crippen molar-refractivity contribution in [3.63, 3.8) is 0 Å². The quantitative estimate of drug-likeness (QED) is 0.769. The Kier molecular flexibility index (Phi) is 2.91. The molecule has 0 radical (unpaired) electrons. The molecule has 1 aromatic heterocycles. The number of rotatable bonds is 2. The van der Waals surface area contributed by atoms with Gasteiger partial charge in [-0.25, -0.2) is 4.68 Å². The van der Waals surface area contributed by atoms with Crippen LogP contribution >= 0.6 is 0 Å². The van der Waals surface area contributed by atoms with Crippen molar-refractivity contribution in [2.24, 2.45) is 0 Å². The predicted octanol–water partition coefficient (Wildman–Crippen LogP) is 2.29. The molecule has 2 heterocycles. The van der Waals surface area contributed by atoms with Crippen LogP contribution < -0.4 is 0 Å². The van der Waals surface area contributed by atoms with Crippen LogP contribution in [0, 0.1) is 0 Å². The first-order valence-corrected chi connectivity index (χ1v) is 6.43. The lowest BCUT2D eigenvalue weighted by atomic mass is 9.87. The largest absolute Gasteiger partial charge is 0.379 e. The second-order valence-electron chi connectivity index (χ2n) is 4.98. The van der Waals surface area contributed by atoms with Crippen molar-refractivity contribution < 1.29 is 4.74 Å². The molecule has 1 aromatic rings. The van der Waals surface area contributed by atoms with Gasteiger partial charge in [0.15, 0.2) is 0 Å². The highest BCUT2D eigenvalue weighted by Gasteiger charge is 2.22. The molecular weight excluding hydrogens is 202 g/mol. The van der Waals surface area contributed by atoms with E-state index >= 15 is 0 Å². The van der Waals surface area contributed by atoms with E-state index in [2.05, 4.69) is 16.5 Å². The van der Waals surface area contributed by atoms with E-state index < -0.39 is 0 Å². The first-order valence-electron chi connectivity index (χ1n) is 6.43. The molecule has 0 N–H and O–H groups in total. The van der Waals surface area contributed by atoms with Crippen molar-refractivity contribution in [2.75, 3.05) is 13.2 Å². The molecule has 4 heteroatoms. The van der Waals surface area contributed by atoms with Crippen LogP contribution in [0.5, 0.6) is 0 Å². The lowest BCUT2D eigenvalue weighted by molar-refractivity contribution is 0.184. The van der Waals surface area contributed by atoms with Gasteiger partial charge in [-0.3, -0.25) is 0 Å². The van der Waals surface area contributed by atoms with Gasteiger partial charge in [0.25, 0.3) is 0 Å². The topological polar surface area (TPSA) is 39.9 Å². The van der Waals surface area contributed by atoms with Crippen molar-refractivity contribution in [2.45, 2.75) is 50.5 Å². The lowest BCUT2D eigenvalue weighted by Crippen LogP contribution is -2.09. The second-order valence-corrected chi connectivity index (χ2v) is 4.98. The van der Waals surface area contributed by atoms with Crippen LogP contribution in [0.3, 0.4) is 0 Å². The Labute approximate surface area is 96.0 Å². The molecule has 1 saturated carbocycles. The number of hydrogen-bond donors (Lipinski definition) is 0. The molecule has 1 aliphatic heterocycles. The van der Waals surface area contributed by atoms with Gasteiger partial charge in [0.05, 0.1) is 18.3 Å². The molecule has 1 unspecified atom stereocenters. The molecule has 0 bridgehead atoms. The normalized spacial score (nSPS) is 27.4. The van der Waals surface area contributed by atoms with Crippen LogP contribution in [0.25, 0.3) is 0 Å². The first kappa shape index (κ1) is 10.3. The number of hydrogen-bond acceptors (Lipinski definition) is 3. The zero-order valence-corrected chi connectivity index (χ0v) is 9.64. The third-order valence-corrected chi connectivity index (χ3v) is 3.83. The summed E-state index contributed by atoms with van der Waals surface area (Å²) in [4.78, 5) is 0. The Morgan fingerprint density at radius 1 is 1.19 bits per heavy atom. The summed E-state index contributed by atoms with van der Waals surface area (Å²) in [5.74, 6) is 0.657. The maximum Gasteiger partial charge on any atom is 0.0858 e. The number of ether oxygens (including phenoxy) is 1. The highest BCUT2D eigenvalue weighted by atomic mass is 16.5. The standard InChI is InChI=1S/C12H19N3O/c1-2-4-10(5-3-1)12-8-15(14-13-12)11-6-7-16-9-11/h8,10-11H,1-7,9H2. The van der Waals surface area contributed by atoms with Gasteiger partial charge in [-0.1, -0.05) is 24.5 Å². The van der Waals surface area contributed by atoms with Gasteiger partial charge in [0.1, 0.15) is 0 Å². The van der Waals surface area contributed by atoms with E-state index in [1.807, 2.05) is 4.68 Å². The van der Waals surface area contributed by atoms with E-state index in [4.69, 9.17) is 4.74 Å². The Morgan fingerprint density at radius 2 is 2.06 bits per heavy atom. The third-order valence-electron chi connectivity index (χ3n) is 3.83. The van der Waals surface area contributed by atoms with E-state index in [9.17, 15) is 0 Å². The molecule has 0 amide bonds. The summed E-state index contributed by atoms with van der Waals surface area (Å²) < 4.78 is 7.39. The van der Waals surface area contributed by atoms with Gasteiger partial charge >= 0.3 is 0 Å². The Morgan fingerprint density at radius 3 is 2.81 bits per heavy atom. The van der Waals surface area contributed by atoms with Gasteiger partial charge in [-0.15, -0.1) is 5.10 Å². The Balaban J connectivity index is 1.71. The minimum Gasteiger partial charge on any atom is -0.379 e. The maximum absolute atomic E-state index is 5.38. The lowest BCUT2D eigenvalue weighted by Gasteiger charge is -2.18. The minimum atomic E-state index is 0.421. The van der Waals surface area contributed by atoms with Crippen molar-refractivity contribution in [1.29, 1.82) is 0 Å². The summed E-state index contributed by atoms with van der Waals surface area (Å²) in [6.07, 6.45) is 9.90. The summed E-state index contributed by atoms with van der Waals surface area (Å²) in [6.45, 7) is 1.66. The summed E-state index contributed by atoms with van der Waals surface area (Å²) >= 11 is 0. The molecule has 16 heavy (non-hydrogen) atoms. The second kappa shape index (κ2) is 4.53. The molecule has 0 spiro atoms. The fraction of sp³-hybridized carbons (Fsp3) is 0.833. The molecule has 2 aliphatic rings. The molecule has 2 fully saturated rings. The highest BCUT2D eigenvalue weighted by Crippen LogP contribution is 2.31. The Bertz CT molecular complexity index is 338. The van der Waals surface area contributed by atoms with Gasteiger partial charge < -0.3 is 4.74 Å². The molecule has 1 aliphatic carbocycles. The summed E-state index contributed by atoms with van der Waals surface area (Å²) in [5, 5.41) is 8.60. The molecule has 1 atom stereocenters. The van der Waals surface area contributed by atoms with E-state index in [1.54, 1.807) is 0 Å². The van der Waals surface area contributed by atoms with Crippen LogP contribution in [0.1, 0.15) is 56.2 Å². The summed E-state index contributed by atoms with van der Waals surface area (Å²) in [7, 11) is 0. The summed E-state index contributed by atoms with van der Waals surface area (Å²) in [5.41, 5.74) is 1.20. The molecule has 4 nitrogen and oxygen atoms in total. The van der Waals surface area contributed by atoms with E-state index in [0.29, 0.717) is 12.0 Å². The SMILES string of the molecule is c1c(C2CCCCC2)nnn1C1CCOC1. The van der Waals surface area contributed by atoms with E-state index in [0.717, 1.165) is 19.6 Å². The van der Waals surface area contributed by atoms with E-state index in [1.165, 1.54) is 37.8 Å². The van der Waals surface area contributed by atoms with Crippen LogP contribution in [0.2, 0.25) is 0 Å². The van der Waals surface area contributed by atoms with Gasteiger partial charge in [0, 0.05) is 18.7 Å². The first-order chi connectivity index (χ1) is 7.93. The zero-order chi connectivity index (χ0) is 10.8. The number of nitrogens with zero attached hydrogens (tertiary/aromatic N) is 3. The average molecular weight is 221 g/mol. The highest BCUT2D eigenvalue weighted by molar-refractivity contribution is 5.03. The zero-order valence-electron chi connectivity index (χ0n) is 9.64. The predicted molar refractivity (Wildman–Crippen MR) is 60.3 cm³/mol. The molecule has 3 rings (SSSR count). The fourth-order valence-corrected chi connectivity index (χ4v) is 2.79. The van der Waals surface area contributed by atoms with Crippen LogP contribution in [0.4, 0.5) is 0 Å². The smallest absolute Gasteiger partial charge is 0.0858 e. The van der Waals surface area contributed by atoms with Crippen molar-refractivity contribution in [3.8, 4) is 0 Å². The van der Waals surface area contributed by atoms with Crippen molar-refractivity contribution in [1.82, 2.24) is 15.0 Å². The fourth-order valence-electron chi connectivity index (χ4n) is 2.79. The maximum atomic E-state index is 5.38. The van der Waals surface area contributed by atoms with Crippen LogP contribution in [-0.2, 0) is 4.74 Å². The van der Waals surface area contributed by atoms with E-state index in [-0.39, 0.29) is 0 Å². The van der Waals surface area contributed by atoms with Crippen LogP contribution in [-0.4, -0.2) is 28.2 Å². The molecular formula is C12H19N3O. The Hall–Kier alpha value is -0.900. The number of aromatic nitrogens is 3. The van der Waals surface area contributed by atoms with Crippen LogP contribution in [0.15, 0.2) is 6.20 Å². The van der Waals surface area contributed by atoms with Gasteiger partial charge in [0.2, 0.25) is 0 Å². The summed E-state index contributed by atoms with van der Waals surface area (Å²) in [6, 6.07) is 0.421. The molecule has 88 valence electrons. The average Bonchev–Trinajstić information content (AvgIpc) is 3.01. The molecule has 1 saturated heterocycles. The van der Waals surface area contributed by atoms with Gasteiger partial charge in [-0.2, -0.15) is 0 Å². The minimum absolute atomic E-state index is 0.421.